The summed E-state index contributed by atoms with van der Waals surface area (Å²) in [7, 11) is 1.91. The van der Waals surface area contributed by atoms with Crippen LogP contribution in [-0.2, 0) is 9.59 Å². The maximum atomic E-state index is 13.5. The van der Waals surface area contributed by atoms with Crippen molar-refractivity contribution in [3.8, 4) is 0 Å². The molecule has 2 N–H and O–H groups in total. The number of rotatable bonds is 4. The number of hydrogen-bond donors (Lipinski definition) is 2. The second kappa shape index (κ2) is 12.5. The van der Waals surface area contributed by atoms with E-state index in [-0.39, 0.29) is 12.8 Å². The van der Waals surface area contributed by atoms with Gasteiger partial charge in [-0.15, -0.1) is 0 Å². The number of amides is 1. The fraction of sp³-hybridized carbons (Fsp3) is 0.609. The minimum atomic E-state index is -5.32. The highest BCUT2D eigenvalue weighted by atomic mass is 19.4. The van der Waals surface area contributed by atoms with Crippen LogP contribution >= 0.6 is 0 Å². The summed E-state index contributed by atoms with van der Waals surface area (Å²) in [5.41, 5.74) is -0.507. The molecule has 1 aliphatic heterocycles. The van der Waals surface area contributed by atoms with Gasteiger partial charge < -0.3 is 24.9 Å². The Kier molecular flexibility index (Phi) is 10.3. The molecule has 2 fully saturated rings. The Labute approximate surface area is 221 Å². The third-order valence-electron chi connectivity index (χ3n) is 6.57. The summed E-state index contributed by atoms with van der Waals surface area (Å²) >= 11 is 0. The van der Waals surface area contributed by atoms with Gasteiger partial charge in [0.25, 0.3) is 0 Å². The van der Waals surface area contributed by atoms with Crippen molar-refractivity contribution in [2.75, 3.05) is 43.0 Å². The van der Waals surface area contributed by atoms with Gasteiger partial charge in [0.2, 0.25) is 0 Å². The molecule has 1 amide bonds. The predicted octanol–water partition coefficient (Wildman–Crippen LogP) is 4.79. The monoisotopic (exact) mass is 595 g/mol. The van der Waals surface area contributed by atoms with Crippen molar-refractivity contribution < 1.29 is 64.1 Å². The van der Waals surface area contributed by atoms with Crippen LogP contribution in [0.25, 0.3) is 0 Å². The molecule has 1 aromatic rings. The highest BCUT2D eigenvalue weighted by Gasteiger charge is 2.49. The van der Waals surface area contributed by atoms with Crippen LogP contribution < -0.4 is 9.80 Å². The molecule has 0 aromatic heterocycles. The first-order chi connectivity index (χ1) is 18.2. The van der Waals surface area contributed by atoms with E-state index in [0.29, 0.717) is 36.8 Å². The van der Waals surface area contributed by atoms with Crippen molar-refractivity contribution in [3.05, 3.63) is 23.8 Å². The smallest absolute Gasteiger partial charge is 0.478 e. The normalized spacial score (nSPS) is 20.8. The van der Waals surface area contributed by atoms with E-state index in [9.17, 15) is 54.2 Å². The van der Waals surface area contributed by atoms with Crippen LogP contribution in [0, 0.1) is 5.92 Å². The van der Waals surface area contributed by atoms with Gasteiger partial charge in [0.05, 0.1) is 17.2 Å². The van der Waals surface area contributed by atoms with Gasteiger partial charge in [-0.1, -0.05) is 0 Å². The van der Waals surface area contributed by atoms with Crippen LogP contribution in [0.3, 0.4) is 0 Å². The number of carboxylic acid groups (broad SMARTS) is 2. The second-order valence-electron chi connectivity index (χ2n) is 9.32. The van der Waals surface area contributed by atoms with E-state index in [1.54, 1.807) is 0 Å². The number of alkyl halides is 9. The first-order valence-corrected chi connectivity index (χ1v) is 11.8. The Hall–Kier alpha value is -3.24. The molecule has 226 valence electrons. The highest BCUT2D eigenvalue weighted by Crippen LogP contribution is 2.42. The Morgan fingerprint density at radius 1 is 0.825 bits per heavy atom. The average molecular weight is 595 g/mol. The van der Waals surface area contributed by atoms with E-state index in [1.165, 1.54) is 12.1 Å². The summed E-state index contributed by atoms with van der Waals surface area (Å²) < 4.78 is 111. The van der Waals surface area contributed by atoms with Crippen LogP contribution in [-0.4, -0.2) is 90.8 Å². The van der Waals surface area contributed by atoms with E-state index in [1.807, 2.05) is 11.9 Å². The van der Waals surface area contributed by atoms with Crippen LogP contribution in [0.4, 0.5) is 50.9 Å². The molecular formula is C23H26F9N3O5. The number of benzene rings is 1. The van der Waals surface area contributed by atoms with Crippen LogP contribution in [0.15, 0.2) is 18.2 Å². The summed E-state index contributed by atoms with van der Waals surface area (Å²) in [5, 5.41) is 16.7. The Morgan fingerprint density at radius 2 is 1.32 bits per heavy atom. The summed E-state index contributed by atoms with van der Waals surface area (Å²) in [5.74, 6) is -8.23. The summed E-state index contributed by atoms with van der Waals surface area (Å²) in [6.45, 7) is 2.46. The first-order valence-electron chi connectivity index (χ1n) is 11.8. The molecular weight excluding hydrogens is 569 g/mol. The van der Waals surface area contributed by atoms with Crippen molar-refractivity contribution >= 4 is 29.2 Å². The number of nitrogens with zero attached hydrogens (tertiary/aromatic N) is 3. The molecule has 0 spiro atoms. The van der Waals surface area contributed by atoms with E-state index in [4.69, 9.17) is 9.90 Å². The van der Waals surface area contributed by atoms with Crippen LogP contribution in [0.5, 0.6) is 0 Å². The molecule has 3 rings (SSSR count). The number of halogens is 9. The summed E-state index contributed by atoms with van der Waals surface area (Å²) in [4.78, 5) is 37.4. The summed E-state index contributed by atoms with van der Waals surface area (Å²) in [6, 6.07) is 2.64. The van der Waals surface area contributed by atoms with Gasteiger partial charge in [-0.3, -0.25) is 4.79 Å². The number of aliphatic carboxylic acids is 1. The van der Waals surface area contributed by atoms with Crippen molar-refractivity contribution in [1.29, 1.82) is 0 Å². The molecule has 40 heavy (non-hydrogen) atoms. The lowest BCUT2D eigenvalue weighted by Gasteiger charge is -2.39. The zero-order valence-corrected chi connectivity index (χ0v) is 20.9. The number of hydrogen-bond acceptors (Lipinski definition) is 5. The van der Waals surface area contributed by atoms with E-state index in [0.717, 1.165) is 6.07 Å². The van der Waals surface area contributed by atoms with Gasteiger partial charge in [-0.2, -0.15) is 39.5 Å². The maximum absolute atomic E-state index is 13.5. The standard InChI is InChI=1S/C21H25F6N3O3.C2HF3O2/c1-28-8-10-29(11-9-28)15-6-7-16(18(31)32)17(12-15)30(19(33)21(25,26)27)14-4-2-13(3-5-14)20(22,23)24;3-2(4,5)1(6)7/h6-7,12-14H,2-5,8-11H2,1H3,(H,31,32);(H,6,7). The largest absolute Gasteiger partial charge is 0.490 e. The lowest BCUT2D eigenvalue weighted by molar-refractivity contribution is -0.192. The average Bonchev–Trinajstić information content (AvgIpc) is 2.83. The topological polar surface area (TPSA) is 101 Å². The maximum Gasteiger partial charge on any atom is 0.490 e. The first kappa shape index (κ1) is 33.0. The molecule has 0 bridgehead atoms. The summed E-state index contributed by atoms with van der Waals surface area (Å²) in [6.07, 6.45) is -16.4. The van der Waals surface area contributed by atoms with Gasteiger partial charge in [0, 0.05) is 37.9 Å². The van der Waals surface area contributed by atoms with E-state index < -0.39 is 72.4 Å². The van der Waals surface area contributed by atoms with Gasteiger partial charge >= 0.3 is 36.4 Å². The van der Waals surface area contributed by atoms with Crippen molar-refractivity contribution in [1.82, 2.24) is 4.90 Å². The number of carboxylic acids is 2. The van der Waals surface area contributed by atoms with E-state index in [2.05, 4.69) is 4.90 Å². The second-order valence-corrected chi connectivity index (χ2v) is 9.32. The van der Waals surface area contributed by atoms with Crippen molar-refractivity contribution in [3.63, 3.8) is 0 Å². The van der Waals surface area contributed by atoms with Gasteiger partial charge in [0.15, 0.2) is 0 Å². The fourth-order valence-electron chi connectivity index (χ4n) is 4.43. The number of carbonyl (C=O) groups excluding carboxylic acids is 1. The molecule has 0 radical (unpaired) electrons. The van der Waals surface area contributed by atoms with Crippen molar-refractivity contribution in [2.24, 2.45) is 5.92 Å². The zero-order valence-electron chi connectivity index (χ0n) is 20.9. The lowest BCUT2D eigenvalue weighted by atomic mass is 9.84. The Morgan fingerprint density at radius 3 is 1.73 bits per heavy atom. The SMILES string of the molecule is CN1CCN(c2ccc(C(=O)O)c(N(C(=O)C(F)(F)F)C3CCC(C(F)(F)F)CC3)c2)CC1.O=C(O)C(F)(F)F. The van der Waals surface area contributed by atoms with Gasteiger partial charge in [0.1, 0.15) is 0 Å². The van der Waals surface area contributed by atoms with Gasteiger partial charge in [-0.05, 0) is 50.9 Å². The molecule has 17 heteroatoms. The molecule has 0 atom stereocenters. The molecule has 1 heterocycles. The molecule has 1 saturated carbocycles. The third kappa shape index (κ3) is 8.63. The number of carbonyl (C=O) groups is 3. The molecule has 2 aliphatic rings. The number of aromatic carboxylic acids is 1. The Bertz CT molecular complexity index is 1060. The Balaban J connectivity index is 0.000000708. The van der Waals surface area contributed by atoms with Crippen LogP contribution in [0.1, 0.15) is 36.0 Å². The zero-order chi connectivity index (χ0) is 30.6. The highest BCUT2D eigenvalue weighted by molar-refractivity contribution is 6.05. The molecule has 0 unspecified atom stereocenters. The van der Waals surface area contributed by atoms with E-state index >= 15 is 0 Å². The minimum Gasteiger partial charge on any atom is -0.478 e. The molecule has 1 aliphatic carbocycles. The number of likely N-dealkylation sites (N-methyl/N-ethyl adjacent to an activating group) is 1. The predicted molar refractivity (Wildman–Crippen MR) is 122 cm³/mol. The van der Waals surface area contributed by atoms with Gasteiger partial charge in [-0.25, -0.2) is 9.59 Å². The third-order valence-corrected chi connectivity index (χ3v) is 6.57. The quantitative estimate of drug-likeness (QED) is 0.483. The minimum absolute atomic E-state index is 0.316. The lowest BCUT2D eigenvalue weighted by Crippen LogP contribution is -2.50. The van der Waals surface area contributed by atoms with Crippen molar-refractivity contribution in [2.45, 2.75) is 50.3 Å². The fourth-order valence-corrected chi connectivity index (χ4v) is 4.43. The number of anilines is 2. The molecule has 1 aromatic carbocycles. The molecule has 1 saturated heterocycles. The molecule has 8 nitrogen and oxygen atoms in total. The van der Waals surface area contributed by atoms with Crippen LogP contribution in [0.2, 0.25) is 0 Å². The number of piperazine rings is 1.